The Morgan fingerprint density at radius 2 is 1.09 bits per heavy atom. The van der Waals surface area contributed by atoms with E-state index in [1.165, 1.54) is 0 Å². The number of carbonyl (C=O) groups is 3. The maximum atomic E-state index is 12.9. The SMILES string of the molecule is CC(=O)N1C(C)(C)CC(OC(=O)CN(C)C2CC(C)(C)N(C(C)=O)C(C)(C)C2)CC1(C)C. The van der Waals surface area contributed by atoms with E-state index < -0.39 is 0 Å². The Hall–Kier alpha value is -1.63. The molecule has 0 unspecified atom stereocenters. The third kappa shape index (κ3) is 5.46. The number of nitrogens with zero attached hydrogens (tertiary/aromatic N) is 3. The highest BCUT2D eigenvalue weighted by atomic mass is 16.5. The fraction of sp³-hybridized carbons (Fsp3) is 0.880. The van der Waals surface area contributed by atoms with Gasteiger partial charge in [0.1, 0.15) is 6.10 Å². The molecule has 32 heavy (non-hydrogen) atoms. The van der Waals surface area contributed by atoms with Crippen LogP contribution >= 0.6 is 0 Å². The summed E-state index contributed by atoms with van der Waals surface area (Å²) in [6.45, 7) is 20.0. The first-order chi connectivity index (χ1) is 14.3. The van der Waals surface area contributed by atoms with E-state index in [9.17, 15) is 14.4 Å². The summed E-state index contributed by atoms with van der Waals surface area (Å²) < 4.78 is 5.93. The van der Waals surface area contributed by atoms with Gasteiger partial charge in [0.25, 0.3) is 0 Å². The fourth-order valence-electron chi connectivity index (χ4n) is 7.07. The van der Waals surface area contributed by atoms with Crippen LogP contribution in [0.5, 0.6) is 0 Å². The van der Waals surface area contributed by atoms with Crippen LogP contribution in [-0.2, 0) is 19.1 Å². The number of carbonyl (C=O) groups excluding carboxylic acids is 3. The van der Waals surface area contributed by atoms with Crippen molar-refractivity contribution in [1.29, 1.82) is 0 Å². The van der Waals surface area contributed by atoms with E-state index in [1.807, 2.05) is 44.5 Å². The first-order valence-corrected chi connectivity index (χ1v) is 11.8. The molecule has 7 heteroatoms. The lowest BCUT2D eigenvalue weighted by Gasteiger charge is -2.56. The maximum absolute atomic E-state index is 12.9. The van der Waals surface area contributed by atoms with Crippen LogP contribution < -0.4 is 0 Å². The predicted molar refractivity (Wildman–Crippen MR) is 126 cm³/mol. The highest BCUT2D eigenvalue weighted by Gasteiger charge is 2.49. The Kier molecular flexibility index (Phi) is 7.17. The van der Waals surface area contributed by atoms with Gasteiger partial charge in [-0.25, -0.2) is 0 Å². The zero-order chi connectivity index (χ0) is 24.9. The summed E-state index contributed by atoms with van der Waals surface area (Å²) in [5.74, 6) is -0.0979. The van der Waals surface area contributed by atoms with Crippen molar-refractivity contribution in [3.63, 3.8) is 0 Å². The van der Waals surface area contributed by atoms with Gasteiger partial charge in [0.15, 0.2) is 0 Å². The van der Waals surface area contributed by atoms with Crippen LogP contribution in [-0.4, -0.2) is 80.4 Å². The monoisotopic (exact) mass is 451 g/mol. The highest BCUT2D eigenvalue weighted by molar-refractivity contribution is 5.76. The molecule has 0 aliphatic carbocycles. The smallest absolute Gasteiger partial charge is 0.320 e. The number of piperidine rings is 2. The van der Waals surface area contributed by atoms with Crippen LogP contribution in [0.2, 0.25) is 0 Å². The van der Waals surface area contributed by atoms with Crippen molar-refractivity contribution in [1.82, 2.24) is 14.7 Å². The summed E-state index contributed by atoms with van der Waals surface area (Å²) >= 11 is 0. The van der Waals surface area contributed by atoms with Crippen molar-refractivity contribution in [2.45, 2.75) is 129 Å². The van der Waals surface area contributed by atoms with Crippen molar-refractivity contribution in [2.24, 2.45) is 0 Å². The standard InChI is InChI=1S/C25H45N3O4/c1-17(29)27-22(3,4)12-19(13-23(27,5)6)26(11)16-21(31)32-20-14-24(7,8)28(18(2)30)25(9,10)15-20/h19-20H,12-16H2,1-11H3. The van der Waals surface area contributed by atoms with Crippen molar-refractivity contribution >= 4 is 17.8 Å². The van der Waals surface area contributed by atoms with Crippen molar-refractivity contribution in [3.8, 4) is 0 Å². The molecule has 0 N–H and O–H groups in total. The molecule has 0 bridgehead atoms. The van der Waals surface area contributed by atoms with Crippen LogP contribution in [0.25, 0.3) is 0 Å². The zero-order valence-electron chi connectivity index (χ0n) is 22.2. The number of likely N-dealkylation sites (tertiary alicyclic amines) is 2. The van der Waals surface area contributed by atoms with Crippen molar-refractivity contribution < 1.29 is 19.1 Å². The van der Waals surface area contributed by atoms with Crippen LogP contribution in [0, 0.1) is 0 Å². The van der Waals surface area contributed by atoms with E-state index in [-0.39, 0.29) is 58.6 Å². The van der Waals surface area contributed by atoms with Gasteiger partial charge in [-0.3, -0.25) is 19.3 Å². The lowest BCUT2D eigenvalue weighted by atomic mass is 9.76. The summed E-state index contributed by atoms with van der Waals surface area (Å²) in [4.78, 5) is 43.4. The minimum absolute atomic E-state index is 0.0478. The van der Waals surface area contributed by atoms with Crippen molar-refractivity contribution in [3.05, 3.63) is 0 Å². The molecule has 2 heterocycles. The Morgan fingerprint density at radius 1 is 0.750 bits per heavy atom. The summed E-state index contributed by atoms with van der Waals surface area (Å²) in [5.41, 5.74) is -1.33. The van der Waals surface area contributed by atoms with Gasteiger partial charge in [-0.05, 0) is 75.3 Å². The fourth-order valence-corrected chi connectivity index (χ4v) is 7.07. The van der Waals surface area contributed by atoms with Gasteiger partial charge in [-0.1, -0.05) is 0 Å². The molecule has 184 valence electrons. The van der Waals surface area contributed by atoms with Crippen LogP contribution in [0.3, 0.4) is 0 Å². The second kappa shape index (κ2) is 8.62. The van der Waals surface area contributed by atoms with Crippen LogP contribution in [0.15, 0.2) is 0 Å². The molecule has 2 saturated heterocycles. The van der Waals surface area contributed by atoms with Crippen molar-refractivity contribution in [2.75, 3.05) is 13.6 Å². The van der Waals surface area contributed by atoms with E-state index in [0.29, 0.717) is 12.8 Å². The average Bonchev–Trinajstić information content (AvgIpc) is 2.47. The molecular weight excluding hydrogens is 406 g/mol. The van der Waals surface area contributed by atoms with Gasteiger partial charge in [-0.2, -0.15) is 0 Å². The molecule has 2 aliphatic heterocycles. The number of hydrogen-bond acceptors (Lipinski definition) is 5. The third-order valence-corrected chi connectivity index (χ3v) is 7.28. The van der Waals surface area contributed by atoms with E-state index >= 15 is 0 Å². The molecule has 0 aromatic rings. The number of hydrogen-bond donors (Lipinski definition) is 0. The second-order valence-electron chi connectivity index (χ2n) is 12.5. The van der Waals surface area contributed by atoms with Gasteiger partial charge in [0, 0.05) is 54.9 Å². The third-order valence-electron chi connectivity index (χ3n) is 7.28. The first-order valence-electron chi connectivity index (χ1n) is 11.8. The average molecular weight is 452 g/mol. The zero-order valence-corrected chi connectivity index (χ0v) is 22.2. The van der Waals surface area contributed by atoms with E-state index in [2.05, 4.69) is 32.6 Å². The molecular formula is C25H45N3O4. The van der Waals surface area contributed by atoms with E-state index in [1.54, 1.807) is 13.8 Å². The minimum Gasteiger partial charge on any atom is -0.461 e. The summed E-state index contributed by atoms with van der Waals surface area (Å²) in [7, 11) is 1.97. The molecule has 0 radical (unpaired) electrons. The summed E-state index contributed by atoms with van der Waals surface area (Å²) in [6, 6.07) is 0.176. The summed E-state index contributed by atoms with van der Waals surface area (Å²) in [6.07, 6.45) is 2.64. The Morgan fingerprint density at radius 3 is 1.44 bits per heavy atom. The minimum atomic E-state index is -0.377. The number of likely N-dealkylation sites (N-methyl/N-ethyl adjacent to an activating group) is 1. The number of rotatable bonds is 4. The topological polar surface area (TPSA) is 70.2 Å². The van der Waals surface area contributed by atoms with Gasteiger partial charge < -0.3 is 14.5 Å². The van der Waals surface area contributed by atoms with Gasteiger partial charge >= 0.3 is 5.97 Å². The maximum Gasteiger partial charge on any atom is 0.320 e. The molecule has 0 spiro atoms. The number of esters is 1. The van der Waals surface area contributed by atoms with Gasteiger partial charge in [-0.15, -0.1) is 0 Å². The molecule has 0 saturated carbocycles. The molecule has 0 aromatic carbocycles. The second-order valence-corrected chi connectivity index (χ2v) is 12.5. The van der Waals surface area contributed by atoms with Crippen LogP contribution in [0.1, 0.15) is 94.9 Å². The molecule has 2 fully saturated rings. The largest absolute Gasteiger partial charge is 0.461 e. The normalized spacial score (nSPS) is 25.0. The van der Waals surface area contributed by atoms with E-state index in [4.69, 9.17) is 4.74 Å². The number of ether oxygens (including phenoxy) is 1. The van der Waals surface area contributed by atoms with Gasteiger partial charge in [0.05, 0.1) is 6.54 Å². The Balaban J connectivity index is 2.05. The molecule has 2 aliphatic rings. The molecule has 2 rings (SSSR count). The van der Waals surface area contributed by atoms with E-state index in [0.717, 1.165) is 12.8 Å². The Bertz CT molecular complexity index is 720. The van der Waals surface area contributed by atoms with Crippen LogP contribution in [0.4, 0.5) is 0 Å². The molecule has 2 amide bonds. The molecule has 0 aromatic heterocycles. The highest BCUT2D eigenvalue weighted by Crippen LogP contribution is 2.41. The lowest BCUT2D eigenvalue weighted by molar-refractivity contribution is -0.169. The molecule has 0 atom stereocenters. The van der Waals surface area contributed by atoms with Gasteiger partial charge in [0.2, 0.25) is 11.8 Å². The lowest BCUT2D eigenvalue weighted by Crippen LogP contribution is -2.65. The number of amides is 2. The predicted octanol–water partition coefficient (Wildman–Crippen LogP) is 3.60. The molecule has 7 nitrogen and oxygen atoms in total. The summed E-state index contributed by atoms with van der Waals surface area (Å²) in [5, 5.41) is 0. The first kappa shape index (κ1) is 26.6. The quantitative estimate of drug-likeness (QED) is 0.611. The Labute approximate surface area is 194 Å².